The maximum Gasteiger partial charge on any atom is 0.264 e. The molecule has 1 N–H and O–H groups in total. The molecule has 0 saturated heterocycles. The first kappa shape index (κ1) is 20.6. The van der Waals surface area contributed by atoms with Crippen molar-refractivity contribution in [3.8, 4) is 17.3 Å². The molecule has 5 rings (SSSR count). The van der Waals surface area contributed by atoms with E-state index >= 15 is 0 Å². The van der Waals surface area contributed by atoms with E-state index in [2.05, 4.69) is 31.4 Å². The summed E-state index contributed by atoms with van der Waals surface area (Å²) in [7, 11) is 3.60. The van der Waals surface area contributed by atoms with Gasteiger partial charge in [-0.15, -0.1) is 11.3 Å². The Morgan fingerprint density at radius 1 is 1.12 bits per heavy atom. The first-order valence-electron chi connectivity index (χ1n) is 10.7. The monoisotopic (exact) mass is 446 g/mol. The summed E-state index contributed by atoms with van der Waals surface area (Å²) in [5.74, 6) is 0.311. The first-order valence-corrected chi connectivity index (χ1v) is 11.6. The minimum Gasteiger partial charge on any atom is -0.494 e. The topological polar surface area (TPSA) is 65.0 Å². The number of hydrogen-bond donors (Lipinski definition) is 1. The molecule has 0 amide bonds. The number of benzene rings is 1. The van der Waals surface area contributed by atoms with E-state index in [1.165, 1.54) is 20.2 Å². The number of thiophene rings is 1. The molecule has 0 bridgehead atoms. The fraction of sp³-hybridized carbons (Fsp3) is 0.280. The van der Waals surface area contributed by atoms with Gasteiger partial charge in [-0.1, -0.05) is 32.0 Å². The second-order valence-corrected chi connectivity index (χ2v) is 9.67. The van der Waals surface area contributed by atoms with Crippen molar-refractivity contribution in [3.63, 3.8) is 0 Å². The lowest BCUT2D eigenvalue weighted by molar-refractivity contribution is 0.414. The zero-order chi connectivity index (χ0) is 22.6. The van der Waals surface area contributed by atoms with Crippen LogP contribution in [-0.4, -0.2) is 24.0 Å². The first-order chi connectivity index (χ1) is 15.4. The number of aromatic hydroxyl groups is 1. The second-order valence-electron chi connectivity index (χ2n) is 8.76. The molecule has 4 aromatic heterocycles. The predicted octanol–water partition coefficient (Wildman–Crippen LogP) is 4.91. The molecule has 5 aromatic rings. The Hall–Kier alpha value is -3.32. The van der Waals surface area contributed by atoms with Gasteiger partial charge in [0.1, 0.15) is 5.52 Å². The average Bonchev–Trinajstić information content (AvgIpc) is 3.47. The van der Waals surface area contributed by atoms with Gasteiger partial charge >= 0.3 is 0 Å². The smallest absolute Gasteiger partial charge is 0.264 e. The molecule has 7 heteroatoms. The van der Waals surface area contributed by atoms with Crippen LogP contribution in [0.2, 0.25) is 0 Å². The number of rotatable bonds is 5. The lowest BCUT2D eigenvalue weighted by Gasteiger charge is -2.12. The van der Waals surface area contributed by atoms with Crippen molar-refractivity contribution in [1.82, 2.24) is 18.9 Å². The van der Waals surface area contributed by atoms with Crippen LogP contribution in [0.4, 0.5) is 0 Å². The third-order valence-corrected chi connectivity index (χ3v) is 7.04. The van der Waals surface area contributed by atoms with E-state index in [0.29, 0.717) is 29.8 Å². The van der Waals surface area contributed by atoms with Gasteiger partial charge in [-0.3, -0.25) is 14.0 Å². The van der Waals surface area contributed by atoms with Crippen LogP contribution in [-0.2, 0) is 27.1 Å². The molecule has 164 valence electrons. The number of pyridine rings is 1. The lowest BCUT2D eigenvalue weighted by atomic mass is 10.0. The Morgan fingerprint density at radius 3 is 2.62 bits per heavy atom. The number of aryl methyl sites for hydroxylation is 1. The predicted molar refractivity (Wildman–Crippen MR) is 131 cm³/mol. The molecule has 1 aromatic carbocycles. The van der Waals surface area contributed by atoms with Crippen molar-refractivity contribution in [1.29, 1.82) is 0 Å². The van der Waals surface area contributed by atoms with Crippen molar-refractivity contribution in [2.45, 2.75) is 26.8 Å². The van der Waals surface area contributed by atoms with Crippen LogP contribution < -0.4 is 5.56 Å². The normalized spacial score (nSPS) is 11.9. The van der Waals surface area contributed by atoms with E-state index in [9.17, 15) is 9.90 Å². The molecule has 6 nitrogen and oxygen atoms in total. The van der Waals surface area contributed by atoms with Crippen LogP contribution in [0.25, 0.3) is 32.4 Å². The van der Waals surface area contributed by atoms with Gasteiger partial charge in [0.2, 0.25) is 0 Å². The van der Waals surface area contributed by atoms with Crippen molar-refractivity contribution < 1.29 is 5.11 Å². The van der Waals surface area contributed by atoms with Gasteiger partial charge in [0.15, 0.2) is 5.88 Å². The lowest BCUT2D eigenvalue weighted by Crippen LogP contribution is -2.19. The number of nitrogens with zero attached hydrogens (tertiary/aromatic N) is 4. The Labute approximate surface area is 190 Å². The number of hydrogen-bond acceptors (Lipinski definition) is 4. The number of aromatic nitrogens is 4. The summed E-state index contributed by atoms with van der Waals surface area (Å²) in [6.45, 7) is 4.75. The molecular weight excluding hydrogens is 420 g/mol. The summed E-state index contributed by atoms with van der Waals surface area (Å²) < 4.78 is 6.51. The summed E-state index contributed by atoms with van der Waals surface area (Å²) in [5, 5.41) is 19.7. The molecule has 0 aliphatic carbocycles. The highest BCUT2D eigenvalue weighted by atomic mass is 32.1. The Bertz CT molecular complexity index is 1520. The molecule has 0 spiro atoms. The van der Waals surface area contributed by atoms with E-state index in [0.717, 1.165) is 17.0 Å². The molecule has 4 heterocycles. The van der Waals surface area contributed by atoms with Gasteiger partial charge in [-0.05, 0) is 46.9 Å². The van der Waals surface area contributed by atoms with Crippen molar-refractivity contribution in [3.05, 3.63) is 69.5 Å². The Kier molecular flexibility index (Phi) is 4.93. The van der Waals surface area contributed by atoms with E-state index in [1.54, 1.807) is 18.4 Å². The van der Waals surface area contributed by atoms with Gasteiger partial charge in [0, 0.05) is 30.6 Å². The molecule has 0 radical (unpaired) electrons. The van der Waals surface area contributed by atoms with Crippen molar-refractivity contribution in [2.75, 3.05) is 0 Å². The van der Waals surface area contributed by atoms with Crippen LogP contribution >= 0.6 is 11.3 Å². The largest absolute Gasteiger partial charge is 0.494 e. The van der Waals surface area contributed by atoms with Crippen LogP contribution in [0.1, 0.15) is 25.0 Å². The second kappa shape index (κ2) is 7.67. The summed E-state index contributed by atoms with van der Waals surface area (Å²) >= 11 is 1.71. The Morgan fingerprint density at radius 2 is 1.91 bits per heavy atom. The summed E-state index contributed by atoms with van der Waals surface area (Å²) in [5.41, 5.74) is 3.96. The third-order valence-electron chi connectivity index (χ3n) is 6.02. The molecule has 0 aliphatic rings. The summed E-state index contributed by atoms with van der Waals surface area (Å²) in [4.78, 5) is 13.4. The standard InChI is InChI=1S/C25H26N4O2S/c1-15(2)12-18-22-21(25(31)28(4)24(18)30)23(19-9-7-11-27(19)3)29(26-22)13-16-14-32-20-10-6-5-8-17(16)20/h5-11,14-15,30H,12-13H2,1-4H3. The highest BCUT2D eigenvalue weighted by Gasteiger charge is 2.25. The third kappa shape index (κ3) is 3.15. The number of fused-ring (bicyclic) bond motifs is 2. The fourth-order valence-corrected chi connectivity index (χ4v) is 5.40. The van der Waals surface area contributed by atoms with E-state index in [4.69, 9.17) is 5.10 Å². The molecule has 0 saturated carbocycles. The van der Waals surface area contributed by atoms with Gasteiger partial charge in [-0.2, -0.15) is 5.10 Å². The van der Waals surface area contributed by atoms with Crippen molar-refractivity contribution in [2.24, 2.45) is 20.0 Å². The highest BCUT2D eigenvalue weighted by Crippen LogP contribution is 2.34. The molecule has 0 unspecified atom stereocenters. The van der Waals surface area contributed by atoms with Crippen LogP contribution in [0.3, 0.4) is 0 Å². The molecule has 0 aliphatic heterocycles. The minimum absolute atomic E-state index is 0.000245. The van der Waals surface area contributed by atoms with Gasteiger partial charge in [0.05, 0.1) is 23.3 Å². The van der Waals surface area contributed by atoms with Gasteiger partial charge in [-0.25, -0.2) is 0 Å². The van der Waals surface area contributed by atoms with E-state index in [-0.39, 0.29) is 11.4 Å². The van der Waals surface area contributed by atoms with Crippen LogP contribution in [0.15, 0.2) is 52.8 Å². The average molecular weight is 447 g/mol. The van der Waals surface area contributed by atoms with Crippen molar-refractivity contribution >= 4 is 32.3 Å². The zero-order valence-electron chi connectivity index (χ0n) is 18.7. The maximum absolute atomic E-state index is 13.4. The summed E-state index contributed by atoms with van der Waals surface area (Å²) in [6.07, 6.45) is 2.61. The van der Waals surface area contributed by atoms with Gasteiger partial charge < -0.3 is 9.67 Å². The maximum atomic E-state index is 13.4. The SMILES string of the molecule is CC(C)Cc1c(O)n(C)c(=O)c2c(-c3cccn3C)n(Cc3csc4ccccc34)nc12. The minimum atomic E-state index is -0.234. The van der Waals surface area contributed by atoms with E-state index in [1.807, 2.05) is 46.8 Å². The Balaban J connectivity index is 1.83. The molecular formula is C25H26N4O2S. The molecule has 0 fully saturated rings. The fourth-order valence-electron chi connectivity index (χ4n) is 4.44. The molecule has 32 heavy (non-hydrogen) atoms. The van der Waals surface area contributed by atoms with Crippen LogP contribution in [0, 0.1) is 5.92 Å². The molecule has 0 atom stereocenters. The van der Waals surface area contributed by atoms with E-state index < -0.39 is 0 Å². The zero-order valence-corrected chi connectivity index (χ0v) is 19.5. The quantitative estimate of drug-likeness (QED) is 0.417. The van der Waals surface area contributed by atoms with Gasteiger partial charge in [0.25, 0.3) is 5.56 Å². The summed E-state index contributed by atoms with van der Waals surface area (Å²) in [6, 6.07) is 12.3. The highest BCUT2D eigenvalue weighted by molar-refractivity contribution is 7.17. The van der Waals surface area contributed by atoms with Crippen LogP contribution in [0.5, 0.6) is 5.88 Å².